The molecule has 0 unspecified atom stereocenters. The first kappa shape index (κ1) is 24.0. The van der Waals surface area contributed by atoms with Crippen LogP contribution in [-0.4, -0.2) is 46.5 Å². The number of methoxy groups -OCH3 is 1. The first-order valence-electron chi connectivity index (χ1n) is 11.1. The van der Waals surface area contributed by atoms with Crippen LogP contribution in [0.2, 0.25) is 0 Å². The number of aryl methyl sites for hydroxylation is 1. The van der Waals surface area contributed by atoms with Crippen molar-refractivity contribution in [2.75, 3.05) is 25.5 Å². The van der Waals surface area contributed by atoms with E-state index in [0.717, 1.165) is 18.5 Å². The van der Waals surface area contributed by atoms with Crippen molar-refractivity contribution in [1.82, 2.24) is 14.4 Å². The van der Waals surface area contributed by atoms with E-state index in [2.05, 4.69) is 12.2 Å². The summed E-state index contributed by atoms with van der Waals surface area (Å²) < 4.78 is 12.8. The highest BCUT2D eigenvalue weighted by Crippen LogP contribution is 2.23. The van der Waals surface area contributed by atoms with Crippen LogP contribution in [0.5, 0.6) is 5.75 Å². The Kier molecular flexibility index (Phi) is 8.57. The van der Waals surface area contributed by atoms with Gasteiger partial charge in [-0.05, 0) is 42.8 Å². The van der Waals surface area contributed by atoms with Gasteiger partial charge in [-0.3, -0.25) is 4.79 Å². The Bertz CT molecular complexity index is 1030. The molecule has 1 aromatic carbocycles. The number of unbranched alkanes of at least 4 members (excludes halogenated alkanes) is 1. The fourth-order valence-corrected chi connectivity index (χ4v) is 3.49. The summed E-state index contributed by atoms with van der Waals surface area (Å²) in [6.45, 7) is 3.23. The van der Waals surface area contributed by atoms with Gasteiger partial charge in [-0.25, -0.2) is 4.79 Å². The normalized spacial score (nSPS) is 10.6. The number of nitrogens with one attached hydrogen (secondary N) is 1. The van der Waals surface area contributed by atoms with Gasteiger partial charge < -0.3 is 28.8 Å². The van der Waals surface area contributed by atoms with Crippen molar-refractivity contribution in [3.05, 3.63) is 72.4 Å². The number of urea groups is 1. The summed E-state index contributed by atoms with van der Waals surface area (Å²) in [5.41, 5.74) is 1.56. The fourth-order valence-electron chi connectivity index (χ4n) is 3.49. The zero-order valence-corrected chi connectivity index (χ0v) is 19.5. The molecule has 0 radical (unpaired) electrons. The van der Waals surface area contributed by atoms with E-state index in [1.54, 1.807) is 41.4 Å². The number of amides is 3. The van der Waals surface area contributed by atoms with E-state index in [4.69, 9.17) is 9.15 Å². The second-order valence-electron chi connectivity index (χ2n) is 7.85. The van der Waals surface area contributed by atoms with Gasteiger partial charge in [-0.2, -0.15) is 0 Å². The summed E-state index contributed by atoms with van der Waals surface area (Å²) >= 11 is 0. The van der Waals surface area contributed by atoms with Gasteiger partial charge in [-0.1, -0.05) is 25.5 Å². The molecule has 0 aliphatic heterocycles. The predicted molar refractivity (Wildman–Crippen MR) is 127 cm³/mol. The topological polar surface area (TPSA) is 80.0 Å². The first-order valence-corrected chi connectivity index (χ1v) is 11.1. The minimum atomic E-state index is -0.335. The van der Waals surface area contributed by atoms with Crippen molar-refractivity contribution in [1.29, 1.82) is 0 Å². The molecular formula is C25H32N4O4. The summed E-state index contributed by atoms with van der Waals surface area (Å²) in [5, 5.41) is 2.88. The summed E-state index contributed by atoms with van der Waals surface area (Å²) in [7, 11) is 3.50. The molecule has 2 aromatic heterocycles. The van der Waals surface area contributed by atoms with Gasteiger partial charge in [-0.15, -0.1) is 0 Å². The fraction of sp³-hybridized carbons (Fsp3) is 0.360. The van der Waals surface area contributed by atoms with Crippen LogP contribution in [0.1, 0.15) is 31.2 Å². The number of rotatable bonds is 11. The Morgan fingerprint density at radius 1 is 1.06 bits per heavy atom. The maximum Gasteiger partial charge on any atom is 0.322 e. The molecule has 33 heavy (non-hydrogen) atoms. The molecule has 8 heteroatoms. The van der Waals surface area contributed by atoms with Gasteiger partial charge in [0.2, 0.25) is 5.91 Å². The van der Waals surface area contributed by atoms with Gasteiger partial charge >= 0.3 is 6.03 Å². The standard InChI is InChI=1S/C25H32N4O4/c1-4-5-15-28(25(31)26-22-12-6-7-13-23(22)32-3)19-24(30)29(18-21-11-9-16-33-21)17-20-10-8-14-27(20)2/h6-14,16H,4-5,15,17-19H2,1-3H3,(H,26,31). The van der Waals surface area contributed by atoms with Gasteiger partial charge in [0, 0.05) is 25.5 Å². The zero-order chi connectivity index (χ0) is 23.6. The SMILES string of the molecule is CCCCN(CC(=O)N(Cc1ccco1)Cc1cccn1C)C(=O)Nc1ccccc1OC. The summed E-state index contributed by atoms with van der Waals surface area (Å²) in [5.74, 6) is 1.10. The molecule has 0 fully saturated rings. The molecule has 3 aromatic rings. The molecule has 0 atom stereocenters. The monoisotopic (exact) mass is 452 g/mol. The second-order valence-corrected chi connectivity index (χ2v) is 7.85. The largest absolute Gasteiger partial charge is 0.495 e. The molecule has 0 saturated carbocycles. The van der Waals surface area contributed by atoms with Crippen LogP contribution in [0.4, 0.5) is 10.5 Å². The quantitative estimate of drug-likeness (QED) is 0.465. The molecule has 176 valence electrons. The minimum absolute atomic E-state index is 0.0356. The average molecular weight is 453 g/mol. The van der Waals surface area contributed by atoms with Crippen LogP contribution in [0.15, 0.2) is 65.4 Å². The number of aromatic nitrogens is 1. The Balaban J connectivity index is 1.75. The van der Waals surface area contributed by atoms with Crippen LogP contribution in [0, 0.1) is 0 Å². The lowest BCUT2D eigenvalue weighted by molar-refractivity contribution is -0.133. The van der Waals surface area contributed by atoms with E-state index >= 15 is 0 Å². The summed E-state index contributed by atoms with van der Waals surface area (Å²) in [6.07, 6.45) is 5.24. The zero-order valence-electron chi connectivity index (χ0n) is 19.5. The highest BCUT2D eigenvalue weighted by molar-refractivity contribution is 5.93. The molecule has 1 N–H and O–H groups in total. The number of furan rings is 1. The Hall–Kier alpha value is -3.68. The van der Waals surface area contributed by atoms with Crippen LogP contribution in [-0.2, 0) is 24.9 Å². The number of para-hydroxylation sites is 2. The molecule has 8 nitrogen and oxygen atoms in total. The van der Waals surface area contributed by atoms with Crippen molar-refractivity contribution in [2.45, 2.75) is 32.9 Å². The van der Waals surface area contributed by atoms with Gasteiger partial charge in [0.15, 0.2) is 0 Å². The Morgan fingerprint density at radius 3 is 2.55 bits per heavy atom. The maximum atomic E-state index is 13.4. The van der Waals surface area contributed by atoms with Crippen molar-refractivity contribution >= 4 is 17.6 Å². The highest BCUT2D eigenvalue weighted by Gasteiger charge is 2.23. The first-order chi connectivity index (χ1) is 16.0. The van der Waals surface area contributed by atoms with Crippen molar-refractivity contribution in [3.8, 4) is 5.75 Å². The minimum Gasteiger partial charge on any atom is -0.495 e. The number of anilines is 1. The third-order valence-electron chi connectivity index (χ3n) is 5.43. The number of nitrogens with zero attached hydrogens (tertiary/aromatic N) is 3. The number of benzene rings is 1. The third-order valence-corrected chi connectivity index (χ3v) is 5.43. The summed E-state index contributed by atoms with van der Waals surface area (Å²) in [4.78, 5) is 29.8. The number of hydrogen-bond acceptors (Lipinski definition) is 4. The van der Waals surface area contributed by atoms with Crippen molar-refractivity contribution in [2.24, 2.45) is 7.05 Å². The number of ether oxygens (including phenoxy) is 1. The molecule has 2 heterocycles. The molecule has 3 amide bonds. The third kappa shape index (κ3) is 6.65. The Labute approximate surface area is 194 Å². The molecular weight excluding hydrogens is 420 g/mol. The van der Waals surface area contributed by atoms with E-state index in [9.17, 15) is 9.59 Å². The number of carbonyl (C=O) groups is 2. The smallest absolute Gasteiger partial charge is 0.322 e. The lowest BCUT2D eigenvalue weighted by Crippen LogP contribution is -2.44. The summed E-state index contributed by atoms with van der Waals surface area (Å²) in [6, 6.07) is 14.4. The van der Waals surface area contributed by atoms with Crippen LogP contribution >= 0.6 is 0 Å². The number of carbonyl (C=O) groups excluding carboxylic acids is 2. The lowest BCUT2D eigenvalue weighted by atomic mass is 10.2. The van der Waals surface area contributed by atoms with E-state index in [1.807, 2.05) is 48.1 Å². The van der Waals surface area contributed by atoms with E-state index < -0.39 is 0 Å². The predicted octanol–water partition coefficient (Wildman–Crippen LogP) is 4.49. The van der Waals surface area contributed by atoms with Crippen molar-refractivity contribution in [3.63, 3.8) is 0 Å². The highest BCUT2D eigenvalue weighted by atomic mass is 16.5. The molecule has 0 bridgehead atoms. The molecule has 0 saturated heterocycles. The van der Waals surface area contributed by atoms with Crippen LogP contribution < -0.4 is 10.1 Å². The lowest BCUT2D eigenvalue weighted by Gasteiger charge is -2.28. The van der Waals surface area contributed by atoms with Crippen molar-refractivity contribution < 1.29 is 18.7 Å². The van der Waals surface area contributed by atoms with Crippen LogP contribution in [0.25, 0.3) is 0 Å². The maximum absolute atomic E-state index is 13.4. The second kappa shape index (κ2) is 11.8. The van der Waals surface area contributed by atoms with E-state index in [1.165, 1.54) is 0 Å². The molecule has 0 spiro atoms. The van der Waals surface area contributed by atoms with Crippen LogP contribution in [0.3, 0.4) is 0 Å². The molecule has 0 aliphatic carbocycles. The van der Waals surface area contributed by atoms with Gasteiger partial charge in [0.1, 0.15) is 18.1 Å². The number of hydrogen-bond donors (Lipinski definition) is 1. The van der Waals surface area contributed by atoms with E-state index in [-0.39, 0.29) is 18.5 Å². The molecule has 0 aliphatic rings. The average Bonchev–Trinajstić information content (AvgIpc) is 3.48. The molecule has 3 rings (SSSR count). The van der Waals surface area contributed by atoms with E-state index in [0.29, 0.717) is 36.8 Å². The van der Waals surface area contributed by atoms with Gasteiger partial charge in [0.05, 0.1) is 32.1 Å². The Morgan fingerprint density at radius 2 is 1.88 bits per heavy atom. The van der Waals surface area contributed by atoms with Gasteiger partial charge in [0.25, 0.3) is 0 Å².